The minimum Gasteiger partial charge on any atom is -0.408 e. The molecule has 1 aliphatic carbocycles. The van der Waals surface area contributed by atoms with Crippen molar-refractivity contribution in [2.75, 3.05) is 4.67 Å². The molecule has 9 rings (SSSR count). The molecule has 0 N–H and O–H groups in total. The lowest BCUT2D eigenvalue weighted by atomic mass is 9.90. The van der Waals surface area contributed by atoms with Gasteiger partial charge in [0.25, 0.3) is 0 Å². The lowest BCUT2D eigenvalue weighted by molar-refractivity contribution is 0.559. The van der Waals surface area contributed by atoms with E-state index in [1.807, 2.05) is 0 Å². The minimum atomic E-state index is -1.63. The fourth-order valence-corrected chi connectivity index (χ4v) is 9.51. The van der Waals surface area contributed by atoms with Gasteiger partial charge in [-0.05, 0) is 93.4 Å². The Morgan fingerprint density at radius 3 is 1.73 bits per heavy atom. The highest BCUT2D eigenvalue weighted by Gasteiger charge is 2.31. The molecule has 0 saturated carbocycles. The van der Waals surface area contributed by atoms with Gasteiger partial charge in [0, 0.05) is 22.9 Å². The summed E-state index contributed by atoms with van der Waals surface area (Å²) < 4.78 is 17.0. The molecule has 2 unspecified atom stereocenters. The molecule has 8 aromatic rings. The molecule has 0 spiro atoms. The van der Waals surface area contributed by atoms with Crippen LogP contribution in [0.25, 0.3) is 60.3 Å². The summed E-state index contributed by atoms with van der Waals surface area (Å²) in [5.74, 6) is 0. The van der Waals surface area contributed by atoms with Crippen LogP contribution in [0.3, 0.4) is 0 Å². The quantitative estimate of drug-likeness (QED) is 0.187. The summed E-state index contributed by atoms with van der Waals surface area (Å²) in [5, 5.41) is 9.37. The second kappa shape index (κ2) is 11.9. The Kier molecular flexibility index (Phi) is 7.19. The van der Waals surface area contributed by atoms with E-state index in [1.165, 1.54) is 43.8 Å². The third-order valence-corrected chi connectivity index (χ3v) is 12.0. The van der Waals surface area contributed by atoms with Gasteiger partial charge in [0.15, 0.2) is 0 Å². The molecule has 0 saturated heterocycles. The van der Waals surface area contributed by atoms with E-state index in [-0.39, 0.29) is 12.1 Å². The lowest BCUT2D eigenvalue weighted by Gasteiger charge is -2.33. The van der Waals surface area contributed by atoms with E-state index in [0.29, 0.717) is 0 Å². The first-order valence-electron chi connectivity index (χ1n) is 16.9. The first kappa shape index (κ1) is 29.1. The molecule has 0 aliphatic heterocycles. The van der Waals surface area contributed by atoms with Crippen LogP contribution in [-0.2, 0) is 6.42 Å². The van der Waals surface area contributed by atoms with Crippen molar-refractivity contribution < 1.29 is 8.39 Å². The highest BCUT2D eigenvalue weighted by Crippen LogP contribution is 2.49. The number of allylic oxidation sites excluding steroid dienone is 1. The zero-order valence-electron chi connectivity index (χ0n) is 27.1. The molecule has 1 aliphatic rings. The maximum atomic E-state index is 7.25. The summed E-state index contributed by atoms with van der Waals surface area (Å²) in [6.07, 6.45) is 6.77. The molecular formula is C44H36NO2P. The number of fused-ring (bicyclic) bond motifs is 9. The smallest absolute Gasteiger partial charge is 0.310 e. The molecule has 0 amide bonds. The van der Waals surface area contributed by atoms with Crippen LogP contribution < -0.4 is 4.67 Å². The first-order valence-corrected chi connectivity index (χ1v) is 18.0. The molecule has 7 aromatic carbocycles. The predicted molar refractivity (Wildman–Crippen MR) is 204 cm³/mol. The van der Waals surface area contributed by atoms with Crippen LogP contribution in [0.1, 0.15) is 54.6 Å². The van der Waals surface area contributed by atoms with Crippen molar-refractivity contribution in [3.05, 3.63) is 162 Å². The summed E-state index contributed by atoms with van der Waals surface area (Å²) in [6, 6.07) is 47.9. The summed E-state index contributed by atoms with van der Waals surface area (Å²) in [4.78, 5) is 0. The highest BCUT2D eigenvalue weighted by atomic mass is 31.1. The third-order valence-electron chi connectivity index (χ3n) is 10.2. The molecule has 234 valence electrons. The van der Waals surface area contributed by atoms with Crippen molar-refractivity contribution in [1.82, 2.24) is 0 Å². The topological polar surface area (TPSA) is 29.5 Å². The van der Waals surface area contributed by atoms with Crippen molar-refractivity contribution >= 4 is 68.5 Å². The van der Waals surface area contributed by atoms with Gasteiger partial charge < -0.3 is 8.39 Å². The van der Waals surface area contributed by atoms with E-state index in [1.54, 1.807) is 0 Å². The van der Waals surface area contributed by atoms with Gasteiger partial charge in [0.2, 0.25) is 0 Å². The Morgan fingerprint density at radius 1 is 0.542 bits per heavy atom. The fraction of sp³-hybridized carbons (Fsp3) is 0.136. The van der Waals surface area contributed by atoms with Crippen molar-refractivity contribution in [3.63, 3.8) is 0 Å². The fourth-order valence-electron chi connectivity index (χ4n) is 7.83. The first-order chi connectivity index (χ1) is 23.7. The monoisotopic (exact) mass is 641 g/mol. The van der Waals surface area contributed by atoms with Crippen molar-refractivity contribution in [2.24, 2.45) is 0 Å². The number of hydrogen-bond donors (Lipinski definition) is 0. The van der Waals surface area contributed by atoms with E-state index < -0.39 is 8.16 Å². The number of rotatable bonds is 5. The molecule has 0 bridgehead atoms. The van der Waals surface area contributed by atoms with Crippen molar-refractivity contribution in [1.29, 1.82) is 0 Å². The number of benzene rings is 7. The van der Waals surface area contributed by atoms with Crippen LogP contribution in [0.4, 0.5) is 0 Å². The van der Waals surface area contributed by atoms with Gasteiger partial charge in [0.05, 0.1) is 0 Å². The Hall–Kier alpha value is -5.08. The molecule has 1 heterocycles. The van der Waals surface area contributed by atoms with Crippen LogP contribution >= 0.6 is 8.16 Å². The van der Waals surface area contributed by atoms with Crippen LogP contribution in [0.15, 0.2) is 148 Å². The average molecular weight is 642 g/mol. The van der Waals surface area contributed by atoms with E-state index in [9.17, 15) is 0 Å². The summed E-state index contributed by atoms with van der Waals surface area (Å²) >= 11 is 0. The molecule has 4 heteroatoms. The number of aryl methyl sites for hydroxylation is 1. The predicted octanol–water partition coefficient (Wildman–Crippen LogP) is 13.2. The van der Waals surface area contributed by atoms with Gasteiger partial charge in [-0.3, -0.25) is 0 Å². The third kappa shape index (κ3) is 4.77. The Labute approximate surface area is 281 Å². The average Bonchev–Trinajstić information content (AvgIpc) is 3.31. The van der Waals surface area contributed by atoms with Crippen LogP contribution in [0.5, 0.6) is 0 Å². The van der Waals surface area contributed by atoms with E-state index >= 15 is 0 Å². The zero-order valence-corrected chi connectivity index (χ0v) is 28.0. The molecular weight excluding hydrogens is 605 g/mol. The van der Waals surface area contributed by atoms with E-state index in [2.05, 4.69) is 164 Å². The van der Waals surface area contributed by atoms with E-state index in [4.69, 9.17) is 8.39 Å². The molecule has 1 aromatic heterocycles. The largest absolute Gasteiger partial charge is 0.408 e. The van der Waals surface area contributed by atoms with Gasteiger partial charge in [0.1, 0.15) is 11.2 Å². The maximum Gasteiger partial charge on any atom is 0.310 e. The van der Waals surface area contributed by atoms with Crippen LogP contribution in [0.2, 0.25) is 0 Å². The van der Waals surface area contributed by atoms with E-state index in [0.717, 1.165) is 45.6 Å². The molecule has 48 heavy (non-hydrogen) atoms. The SMILES string of the molecule is CC(c1cccc2c1C=CCC2)N(C(C)c1cccc2ccccc12)p1oc2ccc3ccccc3c2c2c(ccc3ccccc32)o1. The lowest BCUT2D eigenvalue weighted by Crippen LogP contribution is -2.28. The normalized spacial score (nSPS) is 14.2. The summed E-state index contributed by atoms with van der Waals surface area (Å²) in [6.45, 7) is 4.63. The number of nitrogens with zero attached hydrogens (tertiary/aromatic N) is 1. The Morgan fingerprint density at radius 2 is 1.06 bits per heavy atom. The standard InChI is InChI=1S/C44H36NO2P/c1-29(35-23-11-17-31-13-3-7-19-37(31)35)45(30(2)36-24-12-18-32-14-4-8-20-38(32)36)48-46-41-27-25-33-15-5-9-21-39(33)43(41)44-40-22-10-6-16-34(40)26-28-42(44)47-48/h3,5-13,15-30H,4,14H2,1-2H3. The van der Waals surface area contributed by atoms with Gasteiger partial charge in [-0.1, -0.05) is 133 Å². The van der Waals surface area contributed by atoms with Gasteiger partial charge in [-0.25, -0.2) is 0 Å². The van der Waals surface area contributed by atoms with Gasteiger partial charge in [-0.2, -0.15) is 4.67 Å². The van der Waals surface area contributed by atoms with Crippen LogP contribution in [0, 0.1) is 0 Å². The van der Waals surface area contributed by atoms with Crippen molar-refractivity contribution in [2.45, 2.75) is 38.8 Å². The molecule has 3 nitrogen and oxygen atoms in total. The Balaban J connectivity index is 1.38. The highest BCUT2D eigenvalue weighted by molar-refractivity contribution is 7.39. The Bertz CT molecular complexity index is 2480. The second-order valence-electron chi connectivity index (χ2n) is 12.9. The summed E-state index contributed by atoms with van der Waals surface area (Å²) in [5.41, 5.74) is 7.00. The van der Waals surface area contributed by atoms with Gasteiger partial charge in [-0.15, -0.1) is 0 Å². The second-order valence-corrected chi connectivity index (χ2v) is 14.2. The van der Waals surface area contributed by atoms with Crippen LogP contribution in [-0.4, -0.2) is 0 Å². The minimum absolute atomic E-state index is 0.00584. The molecule has 0 radical (unpaired) electrons. The molecule has 2 atom stereocenters. The van der Waals surface area contributed by atoms with Gasteiger partial charge >= 0.3 is 8.16 Å². The molecule has 0 fully saturated rings. The maximum absolute atomic E-state index is 7.25. The summed E-state index contributed by atoms with van der Waals surface area (Å²) in [7, 11) is -1.63. The number of hydrogen-bond acceptors (Lipinski definition) is 3. The zero-order chi connectivity index (χ0) is 32.2. The van der Waals surface area contributed by atoms with Crippen molar-refractivity contribution in [3.8, 4) is 0 Å².